The number of rotatable bonds is 6. The Morgan fingerprint density at radius 2 is 1.84 bits per heavy atom. The number of hydrogen-bond donors (Lipinski definition) is 1. The number of hydrogen-bond acceptors (Lipinski definition) is 5. The minimum atomic E-state index is -0.162. The van der Waals surface area contributed by atoms with E-state index in [-0.39, 0.29) is 17.4 Å². The molecule has 1 fully saturated rings. The van der Waals surface area contributed by atoms with Crippen LogP contribution in [0.4, 0.5) is 11.5 Å². The van der Waals surface area contributed by atoms with E-state index in [1.54, 1.807) is 19.2 Å². The van der Waals surface area contributed by atoms with Crippen LogP contribution in [0.5, 0.6) is 5.75 Å². The number of carbonyl (C=O) groups is 1. The van der Waals surface area contributed by atoms with E-state index >= 15 is 0 Å². The number of nitrogens with zero attached hydrogens (tertiary/aromatic N) is 3. The van der Waals surface area contributed by atoms with Crippen molar-refractivity contribution in [2.75, 3.05) is 30.4 Å². The number of aromatic nitrogens is 2. The molecule has 1 aliphatic heterocycles. The molecule has 7 heteroatoms. The molecule has 0 radical (unpaired) electrons. The van der Waals surface area contributed by atoms with Gasteiger partial charge in [0.25, 0.3) is 5.56 Å². The highest BCUT2D eigenvalue weighted by atomic mass is 16.5. The molecule has 166 valence electrons. The van der Waals surface area contributed by atoms with Gasteiger partial charge in [0, 0.05) is 36.8 Å². The Hall–Kier alpha value is -3.61. The van der Waals surface area contributed by atoms with Crippen molar-refractivity contribution in [3.63, 3.8) is 0 Å². The molecule has 1 aliphatic rings. The molecule has 2 aromatic carbocycles. The summed E-state index contributed by atoms with van der Waals surface area (Å²) >= 11 is 0. The molecule has 0 atom stereocenters. The Bertz CT molecular complexity index is 1130. The van der Waals surface area contributed by atoms with Crippen LogP contribution in [0.3, 0.4) is 0 Å². The van der Waals surface area contributed by atoms with Gasteiger partial charge in [-0.15, -0.1) is 5.10 Å². The van der Waals surface area contributed by atoms with Crippen LogP contribution in [0.1, 0.15) is 25.3 Å². The fraction of sp³-hybridized carbons (Fsp3) is 0.320. The minimum Gasteiger partial charge on any atom is -0.497 e. The van der Waals surface area contributed by atoms with Crippen molar-refractivity contribution in [1.82, 2.24) is 9.78 Å². The van der Waals surface area contributed by atoms with Gasteiger partial charge in [-0.3, -0.25) is 9.59 Å². The quantitative estimate of drug-likeness (QED) is 0.643. The number of carbonyl (C=O) groups excluding carboxylic acids is 1. The van der Waals surface area contributed by atoms with Crippen LogP contribution in [0.15, 0.2) is 65.5 Å². The SMILES string of the molecule is CCc1ccc(-n2nc(N3CCC(C(=O)Nc4cccc(OC)c4)CC3)ccc2=O)cc1. The van der Waals surface area contributed by atoms with Crippen molar-refractivity contribution in [3.8, 4) is 11.4 Å². The first-order valence-corrected chi connectivity index (χ1v) is 11.0. The van der Waals surface area contributed by atoms with E-state index in [1.165, 1.54) is 10.2 Å². The molecule has 0 spiro atoms. The second kappa shape index (κ2) is 9.68. The monoisotopic (exact) mass is 432 g/mol. The maximum Gasteiger partial charge on any atom is 0.271 e. The fourth-order valence-corrected chi connectivity index (χ4v) is 3.94. The van der Waals surface area contributed by atoms with Crippen molar-refractivity contribution >= 4 is 17.4 Å². The molecule has 1 saturated heterocycles. The van der Waals surface area contributed by atoms with Crippen LogP contribution in [0, 0.1) is 5.92 Å². The van der Waals surface area contributed by atoms with Crippen LogP contribution in [0.25, 0.3) is 5.69 Å². The van der Waals surface area contributed by atoms with Crippen molar-refractivity contribution in [2.45, 2.75) is 26.2 Å². The lowest BCUT2D eigenvalue weighted by atomic mass is 9.96. The molecule has 0 aliphatic carbocycles. The van der Waals surface area contributed by atoms with Gasteiger partial charge in [-0.25, -0.2) is 0 Å². The lowest BCUT2D eigenvalue weighted by molar-refractivity contribution is -0.120. The van der Waals surface area contributed by atoms with Gasteiger partial charge >= 0.3 is 0 Å². The highest BCUT2D eigenvalue weighted by molar-refractivity contribution is 5.92. The van der Waals surface area contributed by atoms with E-state index in [2.05, 4.69) is 22.2 Å². The highest BCUT2D eigenvalue weighted by Crippen LogP contribution is 2.24. The Kier molecular flexibility index (Phi) is 6.54. The molecule has 4 rings (SSSR count). The van der Waals surface area contributed by atoms with E-state index in [1.807, 2.05) is 48.5 Å². The van der Waals surface area contributed by atoms with Gasteiger partial charge in [-0.2, -0.15) is 4.68 Å². The van der Waals surface area contributed by atoms with Gasteiger partial charge in [0.2, 0.25) is 5.91 Å². The molecule has 0 saturated carbocycles. The van der Waals surface area contributed by atoms with Crippen molar-refractivity contribution in [3.05, 3.63) is 76.6 Å². The summed E-state index contributed by atoms with van der Waals surface area (Å²) in [5.74, 6) is 1.41. The Morgan fingerprint density at radius 1 is 1.09 bits per heavy atom. The van der Waals surface area contributed by atoms with Gasteiger partial charge in [-0.05, 0) is 55.2 Å². The summed E-state index contributed by atoms with van der Waals surface area (Å²) in [6, 6.07) is 18.6. The second-order valence-corrected chi connectivity index (χ2v) is 7.94. The number of aryl methyl sites for hydroxylation is 1. The standard InChI is InChI=1S/C25H28N4O3/c1-3-18-7-9-21(10-8-18)29-24(30)12-11-23(27-29)28-15-13-19(14-16-28)25(31)26-20-5-4-6-22(17-20)32-2/h4-12,17,19H,3,13-16H2,1-2H3,(H,26,31). The summed E-state index contributed by atoms with van der Waals surface area (Å²) in [7, 11) is 1.61. The molecule has 1 aromatic heterocycles. The van der Waals surface area contributed by atoms with Crippen LogP contribution < -0.4 is 20.5 Å². The van der Waals surface area contributed by atoms with E-state index < -0.39 is 0 Å². The molecule has 2 heterocycles. The predicted molar refractivity (Wildman–Crippen MR) is 126 cm³/mol. The average Bonchev–Trinajstić information content (AvgIpc) is 2.84. The molecule has 0 unspecified atom stereocenters. The van der Waals surface area contributed by atoms with Crippen LogP contribution in [-0.4, -0.2) is 35.9 Å². The number of anilines is 2. The van der Waals surface area contributed by atoms with Crippen LogP contribution in [-0.2, 0) is 11.2 Å². The maximum atomic E-state index is 12.7. The zero-order chi connectivity index (χ0) is 22.5. The van der Waals surface area contributed by atoms with Crippen molar-refractivity contribution < 1.29 is 9.53 Å². The van der Waals surface area contributed by atoms with Crippen molar-refractivity contribution in [2.24, 2.45) is 5.92 Å². The third kappa shape index (κ3) is 4.82. The summed E-state index contributed by atoms with van der Waals surface area (Å²) in [4.78, 5) is 27.2. The van der Waals surface area contributed by atoms with Gasteiger partial charge in [0.05, 0.1) is 12.8 Å². The van der Waals surface area contributed by atoms with E-state index in [0.29, 0.717) is 18.8 Å². The zero-order valence-corrected chi connectivity index (χ0v) is 18.5. The largest absolute Gasteiger partial charge is 0.497 e. The summed E-state index contributed by atoms with van der Waals surface area (Å²) in [6.07, 6.45) is 2.40. The molecular formula is C25H28N4O3. The summed E-state index contributed by atoms with van der Waals surface area (Å²) in [5, 5.41) is 7.58. The van der Waals surface area contributed by atoms with Crippen molar-refractivity contribution in [1.29, 1.82) is 0 Å². The molecule has 1 N–H and O–H groups in total. The minimum absolute atomic E-state index is 0.0202. The second-order valence-electron chi connectivity index (χ2n) is 7.94. The number of methoxy groups -OCH3 is 1. The third-order valence-corrected chi connectivity index (χ3v) is 5.90. The Labute approximate surface area is 187 Å². The first kappa shape index (κ1) is 21.6. The highest BCUT2D eigenvalue weighted by Gasteiger charge is 2.26. The molecule has 7 nitrogen and oxygen atoms in total. The molecule has 3 aromatic rings. The van der Waals surface area contributed by atoms with Crippen LogP contribution in [0.2, 0.25) is 0 Å². The van der Waals surface area contributed by atoms with Gasteiger partial charge in [0.1, 0.15) is 11.6 Å². The van der Waals surface area contributed by atoms with Crippen LogP contribution >= 0.6 is 0 Å². The molecule has 0 bridgehead atoms. The zero-order valence-electron chi connectivity index (χ0n) is 18.5. The summed E-state index contributed by atoms with van der Waals surface area (Å²) < 4.78 is 6.66. The topological polar surface area (TPSA) is 76.5 Å². The fourth-order valence-electron chi connectivity index (χ4n) is 3.94. The summed E-state index contributed by atoms with van der Waals surface area (Å²) in [6.45, 7) is 3.51. The van der Waals surface area contributed by atoms with E-state index in [9.17, 15) is 9.59 Å². The van der Waals surface area contributed by atoms with E-state index in [4.69, 9.17) is 4.74 Å². The normalized spacial score (nSPS) is 14.2. The van der Waals surface area contributed by atoms with Gasteiger partial charge in [0.15, 0.2) is 0 Å². The van der Waals surface area contributed by atoms with Gasteiger partial charge < -0.3 is 15.0 Å². The van der Waals surface area contributed by atoms with E-state index in [0.717, 1.165) is 36.5 Å². The summed E-state index contributed by atoms with van der Waals surface area (Å²) in [5.41, 5.74) is 2.54. The van der Waals surface area contributed by atoms with Gasteiger partial charge in [-0.1, -0.05) is 25.1 Å². The molecular weight excluding hydrogens is 404 g/mol. The number of amides is 1. The number of nitrogens with one attached hydrogen (secondary N) is 1. The Balaban J connectivity index is 1.41. The molecule has 1 amide bonds. The smallest absolute Gasteiger partial charge is 0.271 e. The first-order valence-electron chi connectivity index (χ1n) is 11.0. The maximum absolute atomic E-state index is 12.7. The third-order valence-electron chi connectivity index (χ3n) is 5.90. The number of benzene rings is 2. The number of piperidine rings is 1. The number of ether oxygens (including phenoxy) is 1. The lowest BCUT2D eigenvalue weighted by Crippen LogP contribution is -2.39. The lowest BCUT2D eigenvalue weighted by Gasteiger charge is -2.32. The first-order chi connectivity index (χ1) is 15.6. The predicted octanol–water partition coefficient (Wildman–Crippen LogP) is 3.66. The molecule has 32 heavy (non-hydrogen) atoms. The average molecular weight is 433 g/mol. The Morgan fingerprint density at radius 3 is 2.53 bits per heavy atom.